The molecule has 0 N–H and O–H groups in total. The third kappa shape index (κ3) is 4.87. The van der Waals surface area contributed by atoms with E-state index in [0.29, 0.717) is 5.92 Å². The quantitative estimate of drug-likeness (QED) is 0.339. The molecule has 0 aromatic heterocycles. The molecule has 0 fully saturated rings. The highest BCUT2D eigenvalue weighted by Gasteiger charge is 2.38. The molecule has 37 heavy (non-hydrogen) atoms. The second-order valence-electron chi connectivity index (χ2n) is 12.0. The third-order valence-corrected chi connectivity index (χ3v) is 7.64. The SMILES string of the molecule is CCC1N(CC(C)C)c2ccccc2N1c1c(C2=CCCC=C2)cc(C(C)(C)C)cc1-c1ccccc1. The van der Waals surface area contributed by atoms with E-state index in [9.17, 15) is 0 Å². The summed E-state index contributed by atoms with van der Waals surface area (Å²) in [6, 6.07) is 25.0. The van der Waals surface area contributed by atoms with Crippen LogP contribution in [0, 0.1) is 5.92 Å². The van der Waals surface area contributed by atoms with Crippen LogP contribution in [-0.4, -0.2) is 12.7 Å². The summed E-state index contributed by atoms with van der Waals surface area (Å²) in [5, 5.41) is 0. The lowest BCUT2D eigenvalue weighted by atomic mass is 9.81. The maximum Gasteiger partial charge on any atom is 0.106 e. The monoisotopic (exact) mass is 490 g/mol. The number of hydrogen-bond donors (Lipinski definition) is 0. The van der Waals surface area contributed by atoms with Gasteiger partial charge in [0, 0.05) is 17.7 Å². The lowest BCUT2D eigenvalue weighted by molar-refractivity contribution is 0.540. The third-order valence-electron chi connectivity index (χ3n) is 7.64. The van der Waals surface area contributed by atoms with Crippen molar-refractivity contribution in [3.63, 3.8) is 0 Å². The fraction of sp³-hybridized carbons (Fsp3) is 0.371. The predicted octanol–water partition coefficient (Wildman–Crippen LogP) is 9.73. The standard InChI is InChI=1S/C35H42N2/c1-7-33-36(24-25(2)3)31-20-14-15-21-32(31)37(33)34-29(26-16-10-8-11-17-26)22-28(35(4,5)6)23-30(34)27-18-12-9-13-19-27/h8,10-12,14-23,25,33H,7,9,13,24H2,1-6H3. The van der Waals surface area contributed by atoms with Gasteiger partial charge in [0.25, 0.3) is 0 Å². The normalized spacial score (nSPS) is 17.4. The number of rotatable bonds is 6. The van der Waals surface area contributed by atoms with Crippen LogP contribution in [-0.2, 0) is 5.41 Å². The van der Waals surface area contributed by atoms with Gasteiger partial charge in [-0.3, -0.25) is 0 Å². The van der Waals surface area contributed by atoms with Crippen LogP contribution in [0.1, 0.15) is 71.9 Å². The first-order chi connectivity index (χ1) is 17.8. The van der Waals surface area contributed by atoms with E-state index in [1.165, 1.54) is 44.9 Å². The van der Waals surface area contributed by atoms with Gasteiger partial charge in [0.05, 0.1) is 17.1 Å². The highest BCUT2D eigenvalue weighted by molar-refractivity contribution is 5.98. The molecule has 2 aliphatic rings. The second-order valence-corrected chi connectivity index (χ2v) is 12.0. The Labute approximate surface area is 224 Å². The summed E-state index contributed by atoms with van der Waals surface area (Å²) in [7, 11) is 0. The van der Waals surface area contributed by atoms with Crippen LogP contribution in [0.3, 0.4) is 0 Å². The molecule has 1 heterocycles. The molecule has 0 radical (unpaired) electrons. The molecule has 5 rings (SSSR count). The number of benzene rings is 3. The molecular weight excluding hydrogens is 448 g/mol. The van der Waals surface area contributed by atoms with E-state index in [0.717, 1.165) is 25.8 Å². The summed E-state index contributed by atoms with van der Waals surface area (Å²) >= 11 is 0. The Bertz CT molecular complexity index is 1310. The van der Waals surface area contributed by atoms with Crippen molar-refractivity contribution in [1.82, 2.24) is 0 Å². The summed E-state index contributed by atoms with van der Waals surface area (Å²) in [5.41, 5.74) is 10.7. The van der Waals surface area contributed by atoms with E-state index in [1.54, 1.807) is 0 Å². The minimum atomic E-state index is 0.0481. The molecule has 1 unspecified atom stereocenters. The number of nitrogens with zero attached hydrogens (tertiary/aromatic N) is 2. The van der Waals surface area contributed by atoms with Crippen molar-refractivity contribution in [2.45, 2.75) is 72.4 Å². The van der Waals surface area contributed by atoms with E-state index in [1.807, 2.05) is 0 Å². The van der Waals surface area contributed by atoms with E-state index in [4.69, 9.17) is 0 Å². The number of hydrogen-bond acceptors (Lipinski definition) is 2. The summed E-state index contributed by atoms with van der Waals surface area (Å²) in [4.78, 5) is 5.30. The molecule has 3 aromatic rings. The Kier molecular flexibility index (Phi) is 7.03. The zero-order chi connectivity index (χ0) is 26.2. The van der Waals surface area contributed by atoms with Crippen molar-refractivity contribution < 1.29 is 0 Å². The zero-order valence-corrected chi connectivity index (χ0v) is 23.5. The van der Waals surface area contributed by atoms with Gasteiger partial charge in [0.15, 0.2) is 0 Å². The molecule has 1 aliphatic carbocycles. The molecule has 0 spiro atoms. The number of para-hydroxylation sites is 2. The van der Waals surface area contributed by atoms with Crippen LogP contribution in [0.2, 0.25) is 0 Å². The molecule has 0 saturated heterocycles. The molecule has 1 aliphatic heterocycles. The predicted molar refractivity (Wildman–Crippen MR) is 162 cm³/mol. The molecule has 2 nitrogen and oxygen atoms in total. The van der Waals surface area contributed by atoms with E-state index >= 15 is 0 Å². The number of fused-ring (bicyclic) bond motifs is 1. The first kappa shape index (κ1) is 25.4. The second kappa shape index (κ2) is 10.2. The number of allylic oxidation sites excluding steroid dienone is 4. The van der Waals surface area contributed by atoms with Gasteiger partial charge < -0.3 is 9.80 Å². The molecule has 192 valence electrons. The van der Waals surface area contributed by atoms with Crippen LogP contribution < -0.4 is 9.80 Å². The van der Waals surface area contributed by atoms with Gasteiger partial charge in [0.2, 0.25) is 0 Å². The minimum absolute atomic E-state index is 0.0481. The molecular formula is C35H42N2. The fourth-order valence-corrected chi connectivity index (χ4v) is 5.86. The maximum absolute atomic E-state index is 2.66. The van der Waals surface area contributed by atoms with Crippen molar-refractivity contribution in [2.24, 2.45) is 5.92 Å². The number of anilines is 3. The van der Waals surface area contributed by atoms with Gasteiger partial charge in [-0.1, -0.05) is 102 Å². The van der Waals surface area contributed by atoms with Crippen LogP contribution in [0.15, 0.2) is 85.0 Å². The Morgan fingerprint density at radius 2 is 1.54 bits per heavy atom. The van der Waals surface area contributed by atoms with Gasteiger partial charge in [0.1, 0.15) is 6.17 Å². The van der Waals surface area contributed by atoms with E-state index in [2.05, 4.69) is 136 Å². The highest BCUT2D eigenvalue weighted by Crippen LogP contribution is 2.51. The summed E-state index contributed by atoms with van der Waals surface area (Å²) in [5.74, 6) is 0.586. The van der Waals surface area contributed by atoms with Gasteiger partial charge >= 0.3 is 0 Å². The van der Waals surface area contributed by atoms with Crippen LogP contribution >= 0.6 is 0 Å². The zero-order valence-electron chi connectivity index (χ0n) is 23.5. The Hall–Kier alpha value is -3.26. The van der Waals surface area contributed by atoms with Crippen molar-refractivity contribution >= 4 is 22.6 Å². The Morgan fingerprint density at radius 3 is 2.16 bits per heavy atom. The summed E-state index contributed by atoms with van der Waals surface area (Å²) < 4.78 is 0. The maximum atomic E-state index is 2.66. The van der Waals surface area contributed by atoms with Gasteiger partial charge in [-0.25, -0.2) is 0 Å². The lowest BCUT2D eigenvalue weighted by Gasteiger charge is -2.37. The summed E-state index contributed by atoms with van der Waals surface area (Å²) in [6.45, 7) is 15.0. The first-order valence-electron chi connectivity index (χ1n) is 14.1. The summed E-state index contributed by atoms with van der Waals surface area (Å²) in [6.07, 6.45) is 10.7. The largest absolute Gasteiger partial charge is 0.349 e. The van der Waals surface area contributed by atoms with Gasteiger partial charge in [-0.15, -0.1) is 0 Å². The molecule has 3 aromatic carbocycles. The van der Waals surface area contributed by atoms with E-state index in [-0.39, 0.29) is 11.6 Å². The van der Waals surface area contributed by atoms with Crippen LogP contribution in [0.5, 0.6) is 0 Å². The highest BCUT2D eigenvalue weighted by atomic mass is 15.4. The van der Waals surface area contributed by atoms with Crippen molar-refractivity contribution in [3.8, 4) is 11.1 Å². The molecule has 2 heteroatoms. The molecule has 1 atom stereocenters. The van der Waals surface area contributed by atoms with Gasteiger partial charge in [-0.2, -0.15) is 0 Å². The van der Waals surface area contributed by atoms with Crippen LogP contribution in [0.4, 0.5) is 17.1 Å². The Morgan fingerprint density at radius 1 is 0.865 bits per heavy atom. The molecule has 0 bridgehead atoms. The van der Waals surface area contributed by atoms with Crippen molar-refractivity contribution in [2.75, 3.05) is 16.3 Å². The van der Waals surface area contributed by atoms with Gasteiger partial charge in [-0.05, 0) is 71.6 Å². The van der Waals surface area contributed by atoms with Crippen molar-refractivity contribution in [3.05, 3.63) is 96.1 Å². The topological polar surface area (TPSA) is 6.48 Å². The lowest BCUT2D eigenvalue weighted by Crippen LogP contribution is -2.42. The van der Waals surface area contributed by atoms with E-state index < -0.39 is 0 Å². The van der Waals surface area contributed by atoms with Crippen LogP contribution in [0.25, 0.3) is 16.7 Å². The Balaban J connectivity index is 1.85. The molecule has 0 amide bonds. The first-order valence-corrected chi connectivity index (χ1v) is 14.1. The average molecular weight is 491 g/mol. The van der Waals surface area contributed by atoms with Crippen molar-refractivity contribution in [1.29, 1.82) is 0 Å². The smallest absolute Gasteiger partial charge is 0.106 e. The fourth-order valence-electron chi connectivity index (χ4n) is 5.86. The minimum Gasteiger partial charge on any atom is -0.349 e. The average Bonchev–Trinajstić information content (AvgIpc) is 3.20. The molecule has 0 saturated carbocycles.